The maximum absolute atomic E-state index is 13.8. The quantitative estimate of drug-likeness (QED) is 0.279. The van der Waals surface area contributed by atoms with E-state index in [2.05, 4.69) is 51.8 Å². The summed E-state index contributed by atoms with van der Waals surface area (Å²) < 4.78 is 11.6. The normalized spacial score (nSPS) is 18.0. The van der Waals surface area contributed by atoms with Crippen LogP contribution in [-0.2, 0) is 27.9 Å². The zero-order chi connectivity index (χ0) is 31.8. The summed E-state index contributed by atoms with van der Waals surface area (Å²) in [5.74, 6) is 1.20. The highest BCUT2D eigenvalue weighted by molar-refractivity contribution is 6.07. The number of aromatic nitrogens is 1. The summed E-state index contributed by atoms with van der Waals surface area (Å²) in [6, 6.07) is 15.4. The van der Waals surface area contributed by atoms with E-state index in [1.807, 2.05) is 45.0 Å². The molecule has 1 aromatic heterocycles. The molecule has 1 saturated heterocycles. The fourth-order valence-corrected chi connectivity index (χ4v) is 6.82. The summed E-state index contributed by atoms with van der Waals surface area (Å²) in [6.07, 6.45) is 4.40. The number of hydrogen-bond donors (Lipinski definition) is 3. The molecule has 0 saturated carbocycles. The zero-order valence-electron chi connectivity index (χ0n) is 27.0. The molecule has 4 heterocycles. The van der Waals surface area contributed by atoms with Gasteiger partial charge in [0.25, 0.3) is 5.91 Å². The smallest absolute Gasteiger partial charge is 0.329 e. The lowest BCUT2D eigenvalue weighted by molar-refractivity contribution is -0.158. The molecule has 0 bridgehead atoms. The monoisotopic (exact) mass is 611 g/mol. The second-order valence-electron chi connectivity index (χ2n) is 14.1. The van der Waals surface area contributed by atoms with Crippen LogP contribution >= 0.6 is 0 Å². The summed E-state index contributed by atoms with van der Waals surface area (Å²) in [5.41, 5.74) is 4.81. The maximum atomic E-state index is 13.8. The van der Waals surface area contributed by atoms with Gasteiger partial charge in [-0.25, -0.2) is 9.78 Å². The van der Waals surface area contributed by atoms with Crippen molar-refractivity contribution in [3.8, 4) is 5.75 Å². The number of esters is 1. The summed E-state index contributed by atoms with van der Waals surface area (Å²) in [5, 5.41) is 9.89. The molecular weight excluding hydrogens is 566 g/mol. The molecule has 3 aliphatic rings. The molecule has 0 spiro atoms. The van der Waals surface area contributed by atoms with Crippen molar-refractivity contribution in [2.75, 3.05) is 41.8 Å². The molecular formula is C36H45N5O4. The molecule has 6 rings (SSSR count). The molecule has 1 atom stereocenters. The zero-order valence-corrected chi connectivity index (χ0v) is 27.0. The fraction of sp³-hybridized carbons (Fsp3) is 0.472. The van der Waals surface area contributed by atoms with E-state index in [4.69, 9.17) is 9.47 Å². The van der Waals surface area contributed by atoms with E-state index in [9.17, 15) is 9.59 Å². The number of ether oxygens (including phenoxy) is 2. The highest BCUT2D eigenvalue weighted by Gasteiger charge is 2.45. The van der Waals surface area contributed by atoms with Crippen molar-refractivity contribution in [1.29, 1.82) is 0 Å². The minimum atomic E-state index is -0.583. The van der Waals surface area contributed by atoms with E-state index in [1.165, 1.54) is 5.56 Å². The molecule has 3 aromatic rings. The van der Waals surface area contributed by atoms with Crippen LogP contribution in [0.5, 0.6) is 5.75 Å². The number of nitrogens with one attached hydrogen (secondary N) is 3. The first-order valence-electron chi connectivity index (χ1n) is 16.1. The molecule has 0 aliphatic carbocycles. The van der Waals surface area contributed by atoms with Gasteiger partial charge in [0.05, 0.1) is 12.2 Å². The first-order chi connectivity index (χ1) is 21.5. The molecule has 1 amide bonds. The third-order valence-corrected chi connectivity index (χ3v) is 8.94. The topological polar surface area (TPSA) is 105 Å². The molecule has 9 heteroatoms. The lowest BCUT2D eigenvalue weighted by atomic mass is 9.86. The second kappa shape index (κ2) is 12.4. The van der Waals surface area contributed by atoms with Crippen molar-refractivity contribution in [3.63, 3.8) is 0 Å². The molecule has 0 radical (unpaired) electrons. The number of fused-ring (bicyclic) bond motifs is 2. The molecule has 9 nitrogen and oxygen atoms in total. The van der Waals surface area contributed by atoms with Crippen LogP contribution in [0.2, 0.25) is 0 Å². The van der Waals surface area contributed by atoms with Crippen molar-refractivity contribution in [3.05, 3.63) is 77.0 Å². The number of anilines is 3. The first kappa shape index (κ1) is 30.9. The van der Waals surface area contributed by atoms with Gasteiger partial charge in [0, 0.05) is 42.5 Å². The fourth-order valence-electron chi connectivity index (χ4n) is 6.82. The van der Waals surface area contributed by atoms with E-state index >= 15 is 0 Å². The Balaban J connectivity index is 1.24. The van der Waals surface area contributed by atoms with E-state index < -0.39 is 11.6 Å². The van der Waals surface area contributed by atoms with Gasteiger partial charge < -0.3 is 30.3 Å². The summed E-state index contributed by atoms with van der Waals surface area (Å²) >= 11 is 0. The van der Waals surface area contributed by atoms with Crippen molar-refractivity contribution in [2.24, 2.45) is 5.92 Å². The Labute approximate surface area is 266 Å². The minimum absolute atomic E-state index is 0.170. The molecule has 45 heavy (non-hydrogen) atoms. The van der Waals surface area contributed by atoms with Crippen LogP contribution in [0.3, 0.4) is 0 Å². The predicted octanol–water partition coefficient (Wildman–Crippen LogP) is 5.69. The van der Waals surface area contributed by atoms with Gasteiger partial charge in [-0.1, -0.05) is 32.0 Å². The molecule has 2 aromatic carbocycles. The average molecular weight is 612 g/mol. The number of amides is 1. The lowest BCUT2D eigenvalue weighted by Gasteiger charge is -2.38. The Bertz CT molecular complexity index is 1570. The van der Waals surface area contributed by atoms with Crippen LogP contribution in [0.4, 0.5) is 17.2 Å². The van der Waals surface area contributed by atoms with Crippen LogP contribution in [0, 0.1) is 5.92 Å². The van der Waals surface area contributed by atoms with Crippen LogP contribution in [0.15, 0.2) is 54.7 Å². The van der Waals surface area contributed by atoms with Gasteiger partial charge in [-0.05, 0) is 99.6 Å². The van der Waals surface area contributed by atoms with E-state index in [0.29, 0.717) is 36.8 Å². The van der Waals surface area contributed by atoms with Gasteiger partial charge >= 0.3 is 5.97 Å². The number of benzene rings is 2. The predicted molar refractivity (Wildman–Crippen MR) is 177 cm³/mol. The number of carbonyl (C=O) groups excluding carboxylic acids is 2. The van der Waals surface area contributed by atoms with Gasteiger partial charge in [0.2, 0.25) is 0 Å². The number of carbonyl (C=O) groups is 2. The number of nitrogens with zero attached hydrogens (tertiary/aromatic N) is 2. The highest BCUT2D eigenvalue weighted by atomic mass is 16.6. The van der Waals surface area contributed by atoms with Crippen LogP contribution in [-0.4, -0.2) is 54.7 Å². The largest absolute Gasteiger partial charge is 0.493 e. The maximum Gasteiger partial charge on any atom is 0.329 e. The molecule has 3 N–H and O–H groups in total. The van der Waals surface area contributed by atoms with Gasteiger partial charge in [-0.3, -0.25) is 4.79 Å². The Hall–Kier alpha value is -4.11. The third kappa shape index (κ3) is 6.78. The van der Waals surface area contributed by atoms with Crippen molar-refractivity contribution < 1.29 is 19.1 Å². The van der Waals surface area contributed by atoms with Gasteiger partial charge in [0.15, 0.2) is 0 Å². The van der Waals surface area contributed by atoms with E-state index in [-0.39, 0.29) is 23.2 Å². The molecule has 1 fully saturated rings. The molecule has 3 aliphatic heterocycles. The van der Waals surface area contributed by atoms with Gasteiger partial charge in [-0.15, -0.1) is 0 Å². The SMILES string of the molecule is CC(C)(C)OC(=O)C(C1CCNCC1)N1CC(C)(C)c2ccc(NC(=O)c3cccnc3NCc3ccc4c(c3)CCO4)cc21. The van der Waals surface area contributed by atoms with Gasteiger partial charge in [-0.2, -0.15) is 0 Å². The Morgan fingerprint density at radius 2 is 1.93 bits per heavy atom. The van der Waals surface area contributed by atoms with Crippen molar-refractivity contribution >= 4 is 29.1 Å². The number of rotatable bonds is 8. The standard InChI is InChI=1S/C36H45N5O4/c1-35(2,3)45-34(43)31(24-12-16-37-17-13-24)41-22-36(4,5)28-10-9-26(20-29(28)41)40-33(42)27-7-6-15-38-32(27)39-21-23-8-11-30-25(19-23)14-18-44-30/h6-11,15,19-20,24,31,37H,12-14,16-18,21-22H2,1-5H3,(H,38,39)(H,40,42). The molecule has 1 unspecified atom stereocenters. The third-order valence-electron chi connectivity index (χ3n) is 8.94. The van der Waals surface area contributed by atoms with Crippen LogP contribution < -0.4 is 25.6 Å². The van der Waals surface area contributed by atoms with Crippen molar-refractivity contribution in [2.45, 2.75) is 77.5 Å². The van der Waals surface area contributed by atoms with E-state index in [0.717, 1.165) is 54.9 Å². The highest BCUT2D eigenvalue weighted by Crippen LogP contribution is 2.45. The Morgan fingerprint density at radius 1 is 1.13 bits per heavy atom. The first-order valence-corrected chi connectivity index (χ1v) is 16.1. The summed E-state index contributed by atoms with van der Waals surface area (Å²) in [7, 11) is 0. The summed E-state index contributed by atoms with van der Waals surface area (Å²) in [4.78, 5) is 34.2. The van der Waals surface area contributed by atoms with Crippen LogP contribution in [0.1, 0.15) is 74.5 Å². The number of pyridine rings is 1. The summed E-state index contributed by atoms with van der Waals surface area (Å²) in [6.45, 7) is 13.9. The number of piperidine rings is 1. The Kier molecular flexibility index (Phi) is 8.48. The van der Waals surface area contributed by atoms with Gasteiger partial charge in [0.1, 0.15) is 23.2 Å². The second-order valence-corrected chi connectivity index (χ2v) is 14.1. The van der Waals surface area contributed by atoms with E-state index in [1.54, 1.807) is 18.3 Å². The molecule has 238 valence electrons. The Morgan fingerprint density at radius 3 is 2.71 bits per heavy atom. The van der Waals surface area contributed by atoms with Crippen LogP contribution in [0.25, 0.3) is 0 Å². The number of hydrogen-bond acceptors (Lipinski definition) is 8. The van der Waals surface area contributed by atoms with Crippen molar-refractivity contribution in [1.82, 2.24) is 10.3 Å². The average Bonchev–Trinajstić information content (AvgIpc) is 3.57. The lowest BCUT2D eigenvalue weighted by Crippen LogP contribution is -2.52. The minimum Gasteiger partial charge on any atom is -0.493 e.